The maximum Gasteiger partial charge on any atom is 0.244 e. The third-order valence-corrected chi connectivity index (χ3v) is 7.08. The van der Waals surface area contributed by atoms with Crippen LogP contribution < -0.4 is 0 Å². The van der Waals surface area contributed by atoms with Crippen molar-refractivity contribution >= 4 is 27.7 Å². The number of benzene rings is 1. The van der Waals surface area contributed by atoms with Gasteiger partial charge in [-0.25, -0.2) is 8.42 Å². The maximum absolute atomic E-state index is 12.9. The molecule has 2 fully saturated rings. The summed E-state index contributed by atoms with van der Waals surface area (Å²) in [6.45, 7) is 1.94. The average Bonchev–Trinajstić information content (AvgIpc) is 3.12. The standard InChI is InChI=1S/C15H17N3O4S2/c16-9-12-1-3-13(4-2-12)24(20,21)18-11-23-10-14(18)15(19)17-5-7-22-8-6-17/h1-4,14H,5-8,10-11H2. The van der Waals surface area contributed by atoms with Crippen LogP contribution in [0.5, 0.6) is 0 Å². The van der Waals surface area contributed by atoms with Gasteiger partial charge in [0.1, 0.15) is 6.04 Å². The van der Waals surface area contributed by atoms with Crippen LogP contribution in [0.2, 0.25) is 0 Å². The zero-order valence-electron chi connectivity index (χ0n) is 12.9. The van der Waals surface area contributed by atoms with Crippen molar-refractivity contribution in [3.8, 4) is 6.07 Å². The van der Waals surface area contributed by atoms with Crippen LogP contribution in [0.25, 0.3) is 0 Å². The van der Waals surface area contributed by atoms with Crippen LogP contribution in [0.15, 0.2) is 29.2 Å². The van der Waals surface area contributed by atoms with E-state index in [2.05, 4.69) is 0 Å². The average molecular weight is 367 g/mol. The molecule has 0 saturated carbocycles. The number of ether oxygens (including phenoxy) is 1. The Morgan fingerprint density at radius 2 is 1.92 bits per heavy atom. The van der Waals surface area contributed by atoms with Crippen molar-refractivity contribution in [2.24, 2.45) is 0 Å². The highest BCUT2D eigenvalue weighted by molar-refractivity contribution is 8.00. The van der Waals surface area contributed by atoms with Crippen LogP contribution in [0.4, 0.5) is 0 Å². The second kappa shape index (κ2) is 7.11. The number of hydrogen-bond donors (Lipinski definition) is 0. The summed E-state index contributed by atoms with van der Waals surface area (Å²) in [6.07, 6.45) is 0. The molecule has 2 saturated heterocycles. The molecule has 0 radical (unpaired) electrons. The van der Waals surface area contributed by atoms with E-state index in [1.54, 1.807) is 4.90 Å². The largest absolute Gasteiger partial charge is 0.378 e. The molecule has 0 aromatic heterocycles. The van der Waals surface area contributed by atoms with E-state index in [1.807, 2.05) is 6.07 Å². The third-order valence-electron chi connectivity index (χ3n) is 4.04. The minimum atomic E-state index is -3.77. The maximum atomic E-state index is 12.9. The molecule has 1 atom stereocenters. The molecule has 24 heavy (non-hydrogen) atoms. The molecule has 1 unspecified atom stereocenters. The molecule has 1 aromatic rings. The Labute approximate surface area is 145 Å². The van der Waals surface area contributed by atoms with Crippen LogP contribution >= 0.6 is 11.8 Å². The Morgan fingerprint density at radius 3 is 2.54 bits per heavy atom. The van der Waals surface area contributed by atoms with Crippen LogP contribution in [0, 0.1) is 11.3 Å². The summed E-state index contributed by atoms with van der Waals surface area (Å²) in [5.41, 5.74) is 0.394. The number of thioether (sulfide) groups is 1. The summed E-state index contributed by atoms with van der Waals surface area (Å²) in [6, 6.07) is 7.03. The summed E-state index contributed by atoms with van der Waals surface area (Å²) in [7, 11) is -3.77. The van der Waals surface area contributed by atoms with Crippen LogP contribution in [-0.2, 0) is 19.6 Å². The first-order valence-corrected chi connectivity index (χ1v) is 10.1. The Kier molecular flexibility index (Phi) is 5.10. The van der Waals surface area contributed by atoms with E-state index in [0.717, 1.165) is 0 Å². The number of morpholine rings is 1. The minimum Gasteiger partial charge on any atom is -0.378 e. The normalized spacial score (nSPS) is 22.3. The SMILES string of the molecule is N#Cc1ccc(S(=O)(=O)N2CSCC2C(=O)N2CCOCC2)cc1. The number of carbonyl (C=O) groups excluding carboxylic acids is 1. The lowest BCUT2D eigenvalue weighted by atomic mass is 10.2. The highest BCUT2D eigenvalue weighted by Crippen LogP contribution is 2.29. The van der Waals surface area contributed by atoms with Gasteiger partial charge in [-0.2, -0.15) is 9.57 Å². The van der Waals surface area contributed by atoms with Gasteiger partial charge < -0.3 is 9.64 Å². The van der Waals surface area contributed by atoms with E-state index >= 15 is 0 Å². The molecule has 1 aromatic carbocycles. The summed E-state index contributed by atoms with van der Waals surface area (Å²) >= 11 is 1.43. The van der Waals surface area contributed by atoms with Crippen LogP contribution in [0.3, 0.4) is 0 Å². The van der Waals surface area contributed by atoms with Gasteiger partial charge in [-0.15, -0.1) is 11.8 Å². The van der Waals surface area contributed by atoms with E-state index in [9.17, 15) is 13.2 Å². The van der Waals surface area contributed by atoms with Crippen molar-refractivity contribution in [2.75, 3.05) is 37.9 Å². The van der Waals surface area contributed by atoms with Crippen molar-refractivity contribution in [2.45, 2.75) is 10.9 Å². The number of nitriles is 1. The first-order valence-electron chi connectivity index (χ1n) is 7.50. The number of hydrogen-bond acceptors (Lipinski definition) is 6. The summed E-state index contributed by atoms with van der Waals surface area (Å²) in [5.74, 6) is 0.537. The fraction of sp³-hybridized carbons (Fsp3) is 0.467. The molecular formula is C15H17N3O4S2. The predicted octanol–water partition coefficient (Wildman–Crippen LogP) is 0.481. The molecule has 7 nitrogen and oxygen atoms in total. The smallest absolute Gasteiger partial charge is 0.244 e. The number of sulfonamides is 1. The second-order valence-electron chi connectivity index (χ2n) is 5.48. The Bertz CT molecular complexity index is 752. The van der Waals surface area contributed by atoms with Crippen molar-refractivity contribution in [1.29, 1.82) is 5.26 Å². The molecule has 2 aliphatic rings. The highest BCUT2D eigenvalue weighted by Gasteiger charge is 2.41. The monoisotopic (exact) mass is 367 g/mol. The molecule has 0 bridgehead atoms. The van der Waals surface area contributed by atoms with Gasteiger partial charge >= 0.3 is 0 Å². The number of nitrogens with zero attached hydrogens (tertiary/aromatic N) is 3. The number of rotatable bonds is 3. The molecule has 0 spiro atoms. The lowest BCUT2D eigenvalue weighted by Gasteiger charge is -2.31. The highest BCUT2D eigenvalue weighted by atomic mass is 32.2. The van der Waals surface area contributed by atoms with E-state index in [-0.39, 0.29) is 16.7 Å². The predicted molar refractivity (Wildman–Crippen MR) is 88.7 cm³/mol. The van der Waals surface area contributed by atoms with Crippen molar-refractivity contribution in [3.63, 3.8) is 0 Å². The molecule has 2 aliphatic heterocycles. The molecule has 1 amide bonds. The van der Waals surface area contributed by atoms with Gasteiger partial charge in [0, 0.05) is 18.8 Å². The quantitative estimate of drug-likeness (QED) is 0.772. The zero-order valence-corrected chi connectivity index (χ0v) is 14.6. The van der Waals surface area contributed by atoms with Crippen LogP contribution in [-0.4, -0.2) is 67.5 Å². The molecule has 0 N–H and O–H groups in total. The van der Waals surface area contributed by atoms with E-state index in [4.69, 9.17) is 10.00 Å². The van der Waals surface area contributed by atoms with Gasteiger partial charge in [0.25, 0.3) is 0 Å². The first kappa shape index (κ1) is 17.2. The van der Waals surface area contributed by atoms with Crippen molar-refractivity contribution in [1.82, 2.24) is 9.21 Å². The van der Waals surface area contributed by atoms with Gasteiger partial charge in [0.2, 0.25) is 15.9 Å². The molecule has 2 heterocycles. The Morgan fingerprint density at radius 1 is 1.25 bits per heavy atom. The van der Waals surface area contributed by atoms with E-state index in [0.29, 0.717) is 37.6 Å². The van der Waals surface area contributed by atoms with E-state index in [1.165, 1.54) is 40.3 Å². The van der Waals surface area contributed by atoms with Crippen molar-refractivity contribution in [3.05, 3.63) is 29.8 Å². The van der Waals surface area contributed by atoms with Gasteiger partial charge in [-0.1, -0.05) is 0 Å². The number of amides is 1. The molecule has 128 valence electrons. The Hall–Kier alpha value is -1.60. The molecule has 9 heteroatoms. The van der Waals surface area contributed by atoms with Gasteiger partial charge in [-0.3, -0.25) is 4.79 Å². The van der Waals surface area contributed by atoms with Gasteiger partial charge in [-0.05, 0) is 24.3 Å². The fourth-order valence-electron chi connectivity index (χ4n) is 2.69. The summed E-state index contributed by atoms with van der Waals surface area (Å²) < 4.78 is 32.2. The lowest BCUT2D eigenvalue weighted by molar-refractivity contribution is -0.138. The molecule has 0 aliphatic carbocycles. The summed E-state index contributed by atoms with van der Waals surface area (Å²) in [5, 5.41) is 8.83. The molecular weight excluding hydrogens is 350 g/mol. The third kappa shape index (κ3) is 3.28. The second-order valence-corrected chi connectivity index (χ2v) is 8.37. The zero-order chi connectivity index (χ0) is 17.2. The topological polar surface area (TPSA) is 90.7 Å². The summed E-state index contributed by atoms with van der Waals surface area (Å²) in [4.78, 5) is 14.5. The van der Waals surface area contributed by atoms with Crippen LogP contribution in [0.1, 0.15) is 5.56 Å². The van der Waals surface area contributed by atoms with Gasteiger partial charge in [0.05, 0.1) is 35.6 Å². The van der Waals surface area contributed by atoms with Gasteiger partial charge in [0.15, 0.2) is 0 Å². The first-order chi connectivity index (χ1) is 11.5. The fourth-order valence-corrected chi connectivity index (χ4v) is 5.82. The molecule has 3 rings (SSSR count). The van der Waals surface area contributed by atoms with Crippen molar-refractivity contribution < 1.29 is 17.9 Å². The lowest BCUT2D eigenvalue weighted by Crippen LogP contribution is -2.51. The van der Waals surface area contributed by atoms with E-state index < -0.39 is 16.1 Å². The minimum absolute atomic E-state index is 0.101. The Balaban J connectivity index is 1.83. The number of carbonyl (C=O) groups is 1.